The van der Waals surface area contributed by atoms with Gasteiger partial charge >= 0.3 is 0 Å². The summed E-state index contributed by atoms with van der Waals surface area (Å²) in [5, 5.41) is 1.15. The number of hydrogen-bond acceptors (Lipinski definition) is 1. The van der Waals surface area contributed by atoms with E-state index in [1.807, 2.05) is 0 Å². The van der Waals surface area contributed by atoms with Crippen LogP contribution in [0, 0.1) is 0 Å². The number of benzene rings is 1. The van der Waals surface area contributed by atoms with Gasteiger partial charge in [0, 0.05) is 5.33 Å². The van der Waals surface area contributed by atoms with Crippen molar-refractivity contribution in [3.63, 3.8) is 0 Å². The maximum Gasteiger partial charge on any atom is 0.126 e. The Morgan fingerprint density at radius 1 is 0.750 bits per heavy atom. The van der Waals surface area contributed by atoms with Gasteiger partial charge in [-0.05, 0) is 35.8 Å². The van der Waals surface area contributed by atoms with E-state index in [2.05, 4.69) is 61.8 Å². The molecule has 0 saturated carbocycles. The molecule has 1 aromatic rings. The van der Waals surface area contributed by atoms with Crippen molar-refractivity contribution in [2.45, 2.75) is 90.9 Å². The minimum absolute atomic E-state index is 0.512. The molecule has 0 bridgehead atoms. The molecule has 0 fully saturated rings. The van der Waals surface area contributed by atoms with Crippen molar-refractivity contribution in [3.05, 3.63) is 29.3 Å². The minimum Gasteiger partial charge on any atom is -0.493 e. The van der Waals surface area contributed by atoms with Crippen LogP contribution in [0.2, 0.25) is 0 Å². The van der Waals surface area contributed by atoms with E-state index in [1.165, 1.54) is 62.5 Å². The van der Waals surface area contributed by atoms with E-state index in [-0.39, 0.29) is 0 Å². The second kappa shape index (κ2) is 12.8. The zero-order chi connectivity index (χ0) is 17.8. The van der Waals surface area contributed by atoms with E-state index in [0.717, 1.165) is 17.7 Å². The summed E-state index contributed by atoms with van der Waals surface area (Å²) < 4.78 is 6.25. The average molecular weight is 397 g/mol. The number of alkyl halides is 1. The summed E-state index contributed by atoms with van der Waals surface area (Å²) in [6.45, 7) is 9.86. The second-order valence-electron chi connectivity index (χ2n) is 7.44. The zero-order valence-electron chi connectivity index (χ0n) is 16.2. The van der Waals surface area contributed by atoms with Crippen molar-refractivity contribution in [3.8, 4) is 5.75 Å². The monoisotopic (exact) mass is 396 g/mol. The molecule has 0 N–H and O–H groups in total. The van der Waals surface area contributed by atoms with Gasteiger partial charge in [0.15, 0.2) is 0 Å². The molecule has 1 aromatic carbocycles. The van der Waals surface area contributed by atoms with Gasteiger partial charge in [-0.3, -0.25) is 0 Å². The molecule has 0 amide bonds. The normalized spacial score (nSPS) is 11.5. The fourth-order valence-corrected chi connectivity index (χ4v) is 3.48. The predicted molar refractivity (Wildman–Crippen MR) is 111 cm³/mol. The van der Waals surface area contributed by atoms with Gasteiger partial charge < -0.3 is 4.74 Å². The predicted octanol–water partition coefficient (Wildman–Crippen LogP) is 7.83. The Morgan fingerprint density at radius 3 is 1.67 bits per heavy atom. The maximum atomic E-state index is 6.25. The van der Waals surface area contributed by atoms with Crippen LogP contribution in [0.1, 0.15) is 102 Å². The van der Waals surface area contributed by atoms with E-state index in [0.29, 0.717) is 11.8 Å². The van der Waals surface area contributed by atoms with E-state index in [4.69, 9.17) is 4.74 Å². The lowest BCUT2D eigenvalue weighted by molar-refractivity contribution is 0.296. The van der Waals surface area contributed by atoms with Crippen molar-refractivity contribution < 1.29 is 4.74 Å². The number of hydrogen-bond donors (Lipinski definition) is 0. The number of para-hydroxylation sites is 1. The third-order valence-corrected chi connectivity index (χ3v) is 5.16. The standard InChI is InChI=1S/C22H37BrO/c1-18(2)20-14-13-15-21(19(3)4)22(20)24-17-12-10-8-6-5-7-9-11-16-23/h13-15,18-19H,5-12,16-17H2,1-4H3. The molecule has 138 valence electrons. The first-order valence-electron chi connectivity index (χ1n) is 9.89. The van der Waals surface area contributed by atoms with E-state index in [1.54, 1.807) is 0 Å². The fourth-order valence-electron chi connectivity index (χ4n) is 3.08. The van der Waals surface area contributed by atoms with E-state index < -0.39 is 0 Å². The number of rotatable bonds is 13. The largest absolute Gasteiger partial charge is 0.493 e. The fraction of sp³-hybridized carbons (Fsp3) is 0.727. The van der Waals surface area contributed by atoms with Crippen LogP contribution < -0.4 is 4.74 Å². The van der Waals surface area contributed by atoms with Crippen LogP contribution in [0.3, 0.4) is 0 Å². The molecule has 1 rings (SSSR count). The van der Waals surface area contributed by atoms with Gasteiger partial charge in [0.05, 0.1) is 6.61 Å². The van der Waals surface area contributed by atoms with Crippen LogP contribution in [0.5, 0.6) is 5.75 Å². The Balaban J connectivity index is 2.32. The molecule has 0 aliphatic heterocycles. The lowest BCUT2D eigenvalue weighted by atomic mass is 9.94. The molecule has 0 saturated heterocycles. The SMILES string of the molecule is CC(C)c1cccc(C(C)C)c1OCCCCCCCCCCBr. The lowest BCUT2D eigenvalue weighted by Crippen LogP contribution is -2.05. The third kappa shape index (κ3) is 8.05. The first kappa shape index (κ1) is 21.5. The Bertz CT molecular complexity index is 413. The van der Waals surface area contributed by atoms with Gasteiger partial charge in [-0.1, -0.05) is 100 Å². The first-order chi connectivity index (χ1) is 11.6. The second-order valence-corrected chi connectivity index (χ2v) is 8.23. The first-order valence-corrected chi connectivity index (χ1v) is 11.0. The summed E-state index contributed by atoms with van der Waals surface area (Å²) in [5.41, 5.74) is 2.71. The van der Waals surface area contributed by atoms with Crippen LogP contribution in [-0.2, 0) is 0 Å². The number of halogens is 1. The molecule has 0 heterocycles. The van der Waals surface area contributed by atoms with Gasteiger partial charge in [-0.25, -0.2) is 0 Å². The smallest absolute Gasteiger partial charge is 0.126 e. The highest BCUT2D eigenvalue weighted by Crippen LogP contribution is 2.34. The Morgan fingerprint density at radius 2 is 1.21 bits per heavy atom. The van der Waals surface area contributed by atoms with E-state index >= 15 is 0 Å². The van der Waals surface area contributed by atoms with Gasteiger partial charge in [0.25, 0.3) is 0 Å². The highest BCUT2D eigenvalue weighted by Gasteiger charge is 2.14. The van der Waals surface area contributed by atoms with Crippen LogP contribution in [-0.4, -0.2) is 11.9 Å². The van der Waals surface area contributed by atoms with Crippen LogP contribution in [0.15, 0.2) is 18.2 Å². The van der Waals surface area contributed by atoms with Crippen molar-refractivity contribution in [1.29, 1.82) is 0 Å². The van der Waals surface area contributed by atoms with Gasteiger partial charge in [-0.2, -0.15) is 0 Å². The van der Waals surface area contributed by atoms with Crippen LogP contribution >= 0.6 is 15.9 Å². The van der Waals surface area contributed by atoms with Crippen LogP contribution in [0.25, 0.3) is 0 Å². The molecule has 0 atom stereocenters. The minimum atomic E-state index is 0.512. The quantitative estimate of drug-likeness (QED) is 0.243. The van der Waals surface area contributed by atoms with Crippen molar-refractivity contribution in [1.82, 2.24) is 0 Å². The van der Waals surface area contributed by atoms with Gasteiger partial charge in [0.1, 0.15) is 5.75 Å². The average Bonchev–Trinajstić information content (AvgIpc) is 2.56. The highest BCUT2D eigenvalue weighted by molar-refractivity contribution is 9.09. The van der Waals surface area contributed by atoms with E-state index in [9.17, 15) is 0 Å². The molecule has 0 radical (unpaired) electrons. The molecule has 0 unspecified atom stereocenters. The van der Waals surface area contributed by atoms with Crippen molar-refractivity contribution >= 4 is 15.9 Å². The molecule has 1 nitrogen and oxygen atoms in total. The summed E-state index contributed by atoms with van der Waals surface area (Å²) >= 11 is 3.49. The molecular weight excluding hydrogens is 360 g/mol. The Kier molecular flexibility index (Phi) is 11.5. The number of ether oxygens (including phenoxy) is 1. The summed E-state index contributed by atoms with van der Waals surface area (Å²) in [6.07, 6.45) is 10.7. The topological polar surface area (TPSA) is 9.23 Å². The van der Waals surface area contributed by atoms with Gasteiger partial charge in [0.2, 0.25) is 0 Å². The Hall–Kier alpha value is -0.500. The summed E-state index contributed by atoms with van der Waals surface area (Å²) in [5.74, 6) is 2.17. The Labute approximate surface area is 158 Å². The summed E-state index contributed by atoms with van der Waals surface area (Å²) in [4.78, 5) is 0. The van der Waals surface area contributed by atoms with Gasteiger partial charge in [-0.15, -0.1) is 0 Å². The maximum absolute atomic E-state index is 6.25. The molecule has 24 heavy (non-hydrogen) atoms. The lowest BCUT2D eigenvalue weighted by Gasteiger charge is -2.20. The molecule has 2 heteroatoms. The number of unbranched alkanes of at least 4 members (excludes halogenated alkanes) is 7. The zero-order valence-corrected chi connectivity index (χ0v) is 17.8. The van der Waals surface area contributed by atoms with Crippen LogP contribution in [0.4, 0.5) is 0 Å². The summed E-state index contributed by atoms with van der Waals surface area (Å²) in [7, 11) is 0. The van der Waals surface area contributed by atoms with Crippen molar-refractivity contribution in [2.75, 3.05) is 11.9 Å². The third-order valence-electron chi connectivity index (χ3n) is 4.59. The molecule has 0 aliphatic carbocycles. The molecule has 0 spiro atoms. The molecular formula is C22H37BrO. The summed E-state index contributed by atoms with van der Waals surface area (Å²) in [6, 6.07) is 6.62. The van der Waals surface area contributed by atoms with Crippen molar-refractivity contribution in [2.24, 2.45) is 0 Å². The molecule has 0 aromatic heterocycles. The molecule has 0 aliphatic rings. The highest BCUT2D eigenvalue weighted by atomic mass is 79.9.